The SMILES string of the molecule is Cc1ccnc2cc(Cn3nc(-c4cc(O)cc(F)c4)c4c(N)ncnc43)n(-c3ccccc3F)c(=O)c12.Cc1ccnc2cc(Cn3nc(-c4cccc(O)c4)c4c(N)ncnc43)n(-c3ccccc3F)c(=O)c12.Cc1ccnc2cc(Cn3nc(C#C[C@@H](C)O)c4c(N)ncnc43)n(-c3ccccc3F)c(=O)c12.Cc1ccnc2cc(Cn3nc(I)c4c(N)ncnc43)n(-c3ccccc3F)c(=O)c12. The first-order valence-corrected chi connectivity index (χ1v) is 44.1. The van der Waals surface area contributed by atoms with Crippen LogP contribution in [0.4, 0.5) is 45.2 Å². The summed E-state index contributed by atoms with van der Waals surface area (Å²) in [6, 6.07) is 48.4. The van der Waals surface area contributed by atoms with Crippen molar-refractivity contribution >= 4 is 134 Å². The Bertz CT molecular complexity index is 9190. The Balaban J connectivity index is 0.000000120. The number of nitrogens with zero attached hydrogens (tertiary/aromatic N) is 24. The van der Waals surface area contributed by atoms with Gasteiger partial charge in [0.1, 0.15) is 116 Å². The zero-order chi connectivity index (χ0) is 98.6. The van der Waals surface area contributed by atoms with Gasteiger partial charge in [-0.05, 0) is 207 Å². The summed E-state index contributed by atoms with van der Waals surface area (Å²) in [5.41, 5.74) is 33.5. The van der Waals surface area contributed by atoms with Crippen LogP contribution in [0.25, 0.3) is 133 Å². The van der Waals surface area contributed by atoms with Gasteiger partial charge in [0.25, 0.3) is 22.2 Å². The number of phenols is 2. The minimum Gasteiger partial charge on any atom is -0.508 e. The first-order valence-electron chi connectivity index (χ1n) is 43.1. The van der Waals surface area contributed by atoms with Crippen LogP contribution in [0.15, 0.2) is 257 Å². The molecular weight excluding hydrogens is 1930 g/mol. The monoisotopic (exact) mass is 2000 g/mol. The van der Waals surface area contributed by atoms with Crippen LogP contribution < -0.4 is 45.2 Å². The molecule has 41 heteroatoms. The molecule has 0 amide bonds. The van der Waals surface area contributed by atoms with Crippen LogP contribution in [-0.4, -0.2) is 139 Å². The second-order valence-electron chi connectivity index (χ2n) is 32.5. The summed E-state index contributed by atoms with van der Waals surface area (Å²) in [4.78, 5) is 106. The van der Waals surface area contributed by atoms with Crippen LogP contribution in [0.3, 0.4) is 0 Å². The van der Waals surface area contributed by atoms with Crippen LogP contribution in [0.5, 0.6) is 11.5 Å². The maximum Gasteiger partial charge on any atom is 0.265 e. The van der Waals surface area contributed by atoms with E-state index in [0.717, 1.165) is 22.8 Å². The summed E-state index contributed by atoms with van der Waals surface area (Å²) in [6.45, 7) is 9.00. The summed E-state index contributed by atoms with van der Waals surface area (Å²) in [6.07, 6.45) is 10.9. The number of fused-ring (bicyclic) bond motifs is 8. The maximum atomic E-state index is 15.0. The Labute approximate surface area is 804 Å². The van der Waals surface area contributed by atoms with Gasteiger partial charge < -0.3 is 38.3 Å². The molecule has 0 spiro atoms. The highest BCUT2D eigenvalue weighted by Crippen LogP contribution is 2.37. The molecular formula is C100H74F5IN28O7. The summed E-state index contributed by atoms with van der Waals surface area (Å²) in [7, 11) is 0. The van der Waals surface area contributed by atoms with Gasteiger partial charge in [-0.2, -0.15) is 20.4 Å². The van der Waals surface area contributed by atoms with Crippen molar-refractivity contribution < 1.29 is 37.3 Å². The van der Waals surface area contributed by atoms with E-state index in [1.165, 1.54) is 102 Å². The van der Waals surface area contributed by atoms with Gasteiger partial charge in [-0.15, -0.1) is 0 Å². The standard InChI is InChI=1S/C27H19F2N7O2.C27H20FN7O2.C25H20FN7O2.C21H15FIN7O/c1-14-6-7-31-20-11-17(36(27(38)22(14)20)21-5-3-2-4-19(21)29)12-35-26-23(25(30)32-13-33-26)24(34-35)15-8-16(28)10-18(37)9-15;1-15-9-10-30-20-12-17(35(27(37)22(15)20)21-8-3-2-7-19(21)28)13-34-26-23(25(29)31-14-32-26)24(33-34)16-5-4-6-18(36)11-16;1-14-9-10-28-19-11-16(33(25(35)21(14)19)20-6-4-3-5-17(20)26)12-32-24-22(23(27)29-13-30-24)18(31-32)8-7-15(2)34;1-11-6-7-25-14-8-12(9-29-20-17(18(23)28-29)19(24)26-10-27-20)30(21(31)16(11)14)15-5-3-2-4-13(15)22/h2-11,13,37H,12H2,1H3,(H2,30,32,33);2-12,14,36H,13H2,1H3,(H2,29,31,32);3-6,9-11,13,15,34H,12H2,1-2H3,(H2,27,29,30);2-8,10H,9H2,1H3,(H2,24,26,27)/t;;15-;/m..1./s1. The second kappa shape index (κ2) is 37.7. The van der Waals surface area contributed by atoms with Gasteiger partial charge in [-0.1, -0.05) is 66.6 Å². The lowest BCUT2D eigenvalue weighted by atomic mass is 10.1. The lowest BCUT2D eigenvalue weighted by Gasteiger charge is -2.16. The van der Waals surface area contributed by atoms with Gasteiger partial charge in [0.15, 0.2) is 22.6 Å². The van der Waals surface area contributed by atoms with Crippen molar-refractivity contribution in [3.8, 4) is 68.6 Å². The van der Waals surface area contributed by atoms with E-state index in [0.29, 0.717) is 137 Å². The summed E-state index contributed by atoms with van der Waals surface area (Å²) < 4.78 is 85.9. The summed E-state index contributed by atoms with van der Waals surface area (Å²) >= 11 is 2.07. The first-order chi connectivity index (χ1) is 68.0. The van der Waals surface area contributed by atoms with Gasteiger partial charge in [0.2, 0.25) is 0 Å². The van der Waals surface area contributed by atoms with E-state index in [4.69, 9.17) is 28.0 Å². The van der Waals surface area contributed by atoms with E-state index in [2.05, 4.69) is 110 Å². The fraction of sp³-hybridized carbons (Fsp3) is 0.100. The fourth-order valence-corrected chi connectivity index (χ4v) is 17.7. The van der Waals surface area contributed by atoms with E-state index in [-0.39, 0.29) is 106 Å². The molecule has 0 bridgehead atoms. The molecule has 0 saturated carbocycles. The Kier molecular flexibility index (Phi) is 24.6. The number of hydrogen-bond acceptors (Lipinski definition) is 27. The summed E-state index contributed by atoms with van der Waals surface area (Å²) in [5, 5.41) is 51.5. The number of anilines is 4. The summed E-state index contributed by atoms with van der Waals surface area (Å²) in [5.74, 6) is 3.22. The van der Waals surface area contributed by atoms with Crippen molar-refractivity contribution in [2.24, 2.45) is 0 Å². The van der Waals surface area contributed by atoms with E-state index >= 15 is 0 Å². The highest BCUT2D eigenvalue weighted by atomic mass is 127. The number of nitrogen functional groups attached to an aromatic ring is 4. The number of aliphatic hydroxyl groups is 1. The first kappa shape index (κ1) is 91.8. The Morgan fingerprint density at radius 3 is 1.02 bits per heavy atom. The molecule has 0 radical (unpaired) electrons. The minimum absolute atomic E-state index is 0.0383. The number of halogens is 6. The number of benzene rings is 6. The van der Waals surface area contributed by atoms with E-state index in [1.807, 2.05) is 20.8 Å². The molecule has 0 fully saturated rings. The third-order valence-electron chi connectivity index (χ3n) is 23.3. The van der Waals surface area contributed by atoms with E-state index in [1.54, 1.807) is 181 Å². The molecule has 22 rings (SSSR count). The third-order valence-corrected chi connectivity index (χ3v) is 24.0. The van der Waals surface area contributed by atoms with E-state index in [9.17, 15) is 56.4 Å². The van der Waals surface area contributed by atoms with Gasteiger partial charge in [-0.25, -0.2) is 80.6 Å². The molecule has 11 N–H and O–H groups in total. The smallest absolute Gasteiger partial charge is 0.265 e. The molecule has 16 heterocycles. The molecule has 141 heavy (non-hydrogen) atoms. The molecule has 0 aliphatic rings. The molecule has 6 aromatic carbocycles. The van der Waals surface area contributed by atoms with Crippen molar-refractivity contribution in [2.75, 3.05) is 22.9 Å². The number of hydrogen-bond donors (Lipinski definition) is 7. The molecule has 0 unspecified atom stereocenters. The lowest BCUT2D eigenvalue weighted by molar-refractivity contribution is 0.253. The Morgan fingerprint density at radius 2 is 0.667 bits per heavy atom. The van der Waals surface area contributed by atoms with Gasteiger partial charge in [0, 0.05) is 42.0 Å². The van der Waals surface area contributed by atoms with Crippen LogP contribution >= 0.6 is 22.6 Å². The zero-order valence-electron chi connectivity index (χ0n) is 74.7. The predicted octanol–water partition coefficient (Wildman–Crippen LogP) is 13.6. The van der Waals surface area contributed by atoms with Crippen LogP contribution in [0.1, 0.15) is 57.6 Å². The Hall–Kier alpha value is -18.3. The highest BCUT2D eigenvalue weighted by Gasteiger charge is 2.29. The van der Waals surface area contributed by atoms with Crippen molar-refractivity contribution in [3.63, 3.8) is 0 Å². The van der Waals surface area contributed by atoms with Crippen LogP contribution in [0, 0.1) is 72.3 Å². The molecule has 1 atom stereocenters. The number of aromatic nitrogens is 24. The number of rotatable bonds is 14. The van der Waals surface area contributed by atoms with E-state index < -0.39 is 46.3 Å². The molecule has 0 saturated heterocycles. The Morgan fingerprint density at radius 1 is 0.348 bits per heavy atom. The lowest BCUT2D eigenvalue weighted by Crippen LogP contribution is -2.25. The number of pyridine rings is 8. The predicted molar refractivity (Wildman–Crippen MR) is 529 cm³/mol. The fourth-order valence-electron chi connectivity index (χ4n) is 16.9. The molecule has 35 nitrogen and oxygen atoms in total. The van der Waals surface area contributed by atoms with Crippen molar-refractivity contribution in [3.05, 3.63) is 363 Å². The molecule has 22 aromatic rings. The van der Waals surface area contributed by atoms with Gasteiger partial charge >= 0.3 is 0 Å². The van der Waals surface area contributed by atoms with Crippen LogP contribution in [0.2, 0.25) is 0 Å². The number of para-hydroxylation sites is 4. The number of aryl methyl sites for hydroxylation is 4. The quantitative estimate of drug-likeness (QED) is 0.0302. The molecule has 16 aromatic heterocycles. The number of nitrogens with two attached hydrogens (primary N) is 4. The van der Waals surface area contributed by atoms with Crippen molar-refractivity contribution in [2.45, 2.75) is 66.9 Å². The second-order valence-corrected chi connectivity index (χ2v) is 33.5. The van der Waals surface area contributed by atoms with Gasteiger partial charge in [0.05, 0.1) is 137 Å². The maximum absolute atomic E-state index is 15.0. The third kappa shape index (κ3) is 17.4. The average molecular weight is 2000 g/mol. The molecule has 0 aliphatic carbocycles. The van der Waals surface area contributed by atoms with Crippen molar-refractivity contribution in [1.82, 2.24) is 117 Å². The number of aromatic hydroxyl groups is 2. The largest absolute Gasteiger partial charge is 0.508 e. The molecule has 0 aliphatic heterocycles. The van der Waals surface area contributed by atoms with Crippen molar-refractivity contribution in [1.29, 1.82) is 0 Å². The zero-order valence-corrected chi connectivity index (χ0v) is 76.9. The average Bonchev–Trinajstić information content (AvgIpc) is 1.64. The highest BCUT2D eigenvalue weighted by molar-refractivity contribution is 14.1. The topological polar surface area (TPSA) is 479 Å². The number of aliphatic hydroxyl groups excluding tert-OH is 1. The molecule has 698 valence electrons. The number of phenolic OH excluding ortho intramolecular Hbond substituents is 2. The van der Waals surface area contributed by atoms with Gasteiger partial charge in [-0.3, -0.25) is 57.4 Å². The normalized spacial score (nSPS) is 11.6. The van der Waals surface area contributed by atoms with Crippen LogP contribution in [-0.2, 0) is 26.2 Å². The minimum atomic E-state index is -0.873.